The molecule has 0 amide bonds. The lowest BCUT2D eigenvalue weighted by Crippen LogP contribution is -2.42. The van der Waals surface area contributed by atoms with E-state index in [2.05, 4.69) is 0 Å². The Morgan fingerprint density at radius 3 is 2.53 bits per heavy atom. The van der Waals surface area contributed by atoms with Gasteiger partial charge in [0.15, 0.2) is 0 Å². The minimum absolute atomic E-state index is 0.216. The fourth-order valence-corrected chi connectivity index (χ4v) is 2.05. The van der Waals surface area contributed by atoms with E-state index >= 15 is 0 Å². The van der Waals surface area contributed by atoms with Crippen LogP contribution >= 0.6 is 0 Å². The summed E-state index contributed by atoms with van der Waals surface area (Å²) < 4.78 is 5.72. The summed E-state index contributed by atoms with van der Waals surface area (Å²) in [4.78, 5) is 0. The third kappa shape index (κ3) is 3.25. The molecule has 0 fully saturated rings. The predicted octanol–water partition coefficient (Wildman–Crippen LogP) is 2.56. The molecule has 2 unspecified atom stereocenters. The highest BCUT2D eigenvalue weighted by Gasteiger charge is 2.19. The van der Waals surface area contributed by atoms with Crippen molar-refractivity contribution in [1.29, 1.82) is 0 Å². The summed E-state index contributed by atoms with van der Waals surface area (Å²) >= 11 is 0. The number of fused-ring (bicyclic) bond motifs is 1. The SMILES string of the molecule is CC(C)C(N)C(O)COc1cccc2ccccc12. The van der Waals surface area contributed by atoms with Crippen molar-refractivity contribution in [3.63, 3.8) is 0 Å². The van der Waals surface area contributed by atoms with E-state index in [9.17, 15) is 5.11 Å². The van der Waals surface area contributed by atoms with Gasteiger partial charge in [-0.05, 0) is 17.4 Å². The van der Waals surface area contributed by atoms with Gasteiger partial charge in [-0.1, -0.05) is 50.2 Å². The van der Waals surface area contributed by atoms with E-state index in [1.165, 1.54) is 0 Å². The Morgan fingerprint density at radius 1 is 1.11 bits per heavy atom. The number of ether oxygens (including phenoxy) is 1. The maximum absolute atomic E-state index is 9.97. The largest absolute Gasteiger partial charge is 0.490 e. The Morgan fingerprint density at radius 2 is 1.79 bits per heavy atom. The number of rotatable bonds is 5. The zero-order valence-electron chi connectivity index (χ0n) is 11.4. The average Bonchev–Trinajstić information content (AvgIpc) is 2.43. The summed E-state index contributed by atoms with van der Waals surface area (Å²) in [6, 6.07) is 13.7. The molecule has 3 N–H and O–H groups in total. The quantitative estimate of drug-likeness (QED) is 0.867. The molecule has 0 spiro atoms. The monoisotopic (exact) mass is 259 g/mol. The number of hydrogen-bond acceptors (Lipinski definition) is 3. The topological polar surface area (TPSA) is 55.5 Å². The molecule has 2 aromatic carbocycles. The van der Waals surface area contributed by atoms with Gasteiger partial charge in [-0.25, -0.2) is 0 Å². The second kappa shape index (κ2) is 6.04. The van der Waals surface area contributed by atoms with Crippen molar-refractivity contribution in [1.82, 2.24) is 0 Å². The molecule has 0 radical (unpaired) electrons. The van der Waals surface area contributed by atoms with Crippen molar-refractivity contribution in [3.05, 3.63) is 42.5 Å². The van der Waals surface area contributed by atoms with Gasteiger partial charge >= 0.3 is 0 Å². The molecular formula is C16H21NO2. The van der Waals surface area contributed by atoms with Gasteiger partial charge in [-0.2, -0.15) is 0 Å². The maximum Gasteiger partial charge on any atom is 0.127 e. The number of benzene rings is 2. The molecule has 3 heteroatoms. The van der Waals surface area contributed by atoms with Crippen LogP contribution in [0.15, 0.2) is 42.5 Å². The van der Waals surface area contributed by atoms with E-state index in [1.54, 1.807) is 0 Å². The summed E-state index contributed by atoms with van der Waals surface area (Å²) in [5.41, 5.74) is 5.91. The molecule has 3 nitrogen and oxygen atoms in total. The smallest absolute Gasteiger partial charge is 0.127 e. The van der Waals surface area contributed by atoms with Crippen LogP contribution in [0.5, 0.6) is 5.75 Å². The highest BCUT2D eigenvalue weighted by molar-refractivity contribution is 5.88. The first-order valence-electron chi connectivity index (χ1n) is 6.64. The molecule has 0 saturated heterocycles. The number of hydrogen-bond donors (Lipinski definition) is 2. The van der Waals surface area contributed by atoms with Gasteiger partial charge in [0.25, 0.3) is 0 Å². The zero-order chi connectivity index (χ0) is 13.8. The summed E-state index contributed by atoms with van der Waals surface area (Å²) in [5, 5.41) is 12.2. The van der Waals surface area contributed by atoms with Gasteiger partial charge in [-0.15, -0.1) is 0 Å². The highest BCUT2D eigenvalue weighted by atomic mass is 16.5. The second-order valence-corrected chi connectivity index (χ2v) is 5.18. The molecular weight excluding hydrogens is 238 g/mol. The molecule has 0 heterocycles. The van der Waals surface area contributed by atoms with Crippen molar-refractivity contribution in [3.8, 4) is 5.75 Å². The van der Waals surface area contributed by atoms with Crippen molar-refractivity contribution >= 4 is 10.8 Å². The van der Waals surface area contributed by atoms with Crippen LogP contribution in [-0.4, -0.2) is 23.9 Å². The van der Waals surface area contributed by atoms with Crippen LogP contribution in [0, 0.1) is 5.92 Å². The van der Waals surface area contributed by atoms with E-state index in [1.807, 2.05) is 56.3 Å². The number of nitrogens with two attached hydrogens (primary N) is 1. The van der Waals surface area contributed by atoms with Gasteiger partial charge in [0, 0.05) is 11.4 Å². The molecule has 2 atom stereocenters. The molecule has 0 aliphatic rings. The lowest BCUT2D eigenvalue weighted by Gasteiger charge is -2.22. The second-order valence-electron chi connectivity index (χ2n) is 5.18. The van der Waals surface area contributed by atoms with Crippen molar-refractivity contribution < 1.29 is 9.84 Å². The van der Waals surface area contributed by atoms with Crippen molar-refractivity contribution in [2.24, 2.45) is 11.7 Å². The lowest BCUT2D eigenvalue weighted by molar-refractivity contribution is 0.0721. The van der Waals surface area contributed by atoms with E-state index in [-0.39, 0.29) is 18.6 Å². The summed E-state index contributed by atoms with van der Waals surface area (Å²) in [5.74, 6) is 1.01. The van der Waals surface area contributed by atoms with Gasteiger partial charge in [0.05, 0.1) is 0 Å². The van der Waals surface area contributed by atoms with Crippen molar-refractivity contribution in [2.45, 2.75) is 26.0 Å². The van der Waals surface area contributed by atoms with Gasteiger partial charge < -0.3 is 15.6 Å². The molecule has 19 heavy (non-hydrogen) atoms. The van der Waals surface area contributed by atoms with Gasteiger partial charge in [0.2, 0.25) is 0 Å². The van der Waals surface area contributed by atoms with E-state index in [0.29, 0.717) is 0 Å². The third-order valence-electron chi connectivity index (χ3n) is 3.37. The maximum atomic E-state index is 9.97. The molecule has 0 aromatic heterocycles. The minimum Gasteiger partial charge on any atom is -0.490 e. The average molecular weight is 259 g/mol. The normalized spacial score (nSPS) is 14.6. The van der Waals surface area contributed by atoms with Crippen LogP contribution in [-0.2, 0) is 0 Å². The lowest BCUT2D eigenvalue weighted by atomic mass is 10.0. The summed E-state index contributed by atoms with van der Waals surface area (Å²) in [6.07, 6.45) is -0.654. The molecule has 102 valence electrons. The summed E-state index contributed by atoms with van der Waals surface area (Å²) in [6.45, 7) is 4.20. The van der Waals surface area contributed by atoms with Crippen LogP contribution in [0.25, 0.3) is 10.8 Å². The van der Waals surface area contributed by atoms with Crippen LogP contribution in [0.3, 0.4) is 0 Å². The Balaban J connectivity index is 2.10. The van der Waals surface area contributed by atoms with E-state index < -0.39 is 6.10 Å². The first kappa shape index (κ1) is 13.8. The number of aliphatic hydroxyl groups is 1. The van der Waals surface area contributed by atoms with Gasteiger partial charge in [0.1, 0.15) is 18.5 Å². The first-order valence-corrected chi connectivity index (χ1v) is 6.64. The highest BCUT2D eigenvalue weighted by Crippen LogP contribution is 2.25. The minimum atomic E-state index is -0.654. The molecule has 2 aromatic rings. The predicted molar refractivity (Wildman–Crippen MR) is 78.3 cm³/mol. The fourth-order valence-electron chi connectivity index (χ4n) is 2.05. The molecule has 0 aliphatic carbocycles. The Hall–Kier alpha value is -1.58. The standard InChI is InChI=1S/C16H21NO2/c1-11(2)16(17)14(18)10-19-15-9-5-7-12-6-3-4-8-13(12)15/h3-9,11,14,16,18H,10,17H2,1-2H3. The third-order valence-corrected chi connectivity index (χ3v) is 3.37. The van der Waals surface area contributed by atoms with Gasteiger partial charge in [-0.3, -0.25) is 0 Å². The summed E-state index contributed by atoms with van der Waals surface area (Å²) in [7, 11) is 0. The van der Waals surface area contributed by atoms with E-state index in [4.69, 9.17) is 10.5 Å². The van der Waals surface area contributed by atoms with E-state index in [0.717, 1.165) is 16.5 Å². The van der Waals surface area contributed by atoms with Crippen LogP contribution in [0.4, 0.5) is 0 Å². The van der Waals surface area contributed by atoms with Crippen LogP contribution in [0.2, 0.25) is 0 Å². The van der Waals surface area contributed by atoms with Crippen LogP contribution < -0.4 is 10.5 Å². The molecule has 0 bridgehead atoms. The first-order chi connectivity index (χ1) is 9.09. The molecule has 2 rings (SSSR count). The Labute approximate surface area is 114 Å². The Kier molecular flexibility index (Phi) is 4.40. The number of aliphatic hydroxyl groups excluding tert-OH is 1. The molecule has 0 aliphatic heterocycles. The van der Waals surface area contributed by atoms with Crippen LogP contribution in [0.1, 0.15) is 13.8 Å². The Bertz CT molecular complexity index is 534. The fraction of sp³-hybridized carbons (Fsp3) is 0.375. The van der Waals surface area contributed by atoms with Crippen molar-refractivity contribution in [2.75, 3.05) is 6.61 Å². The molecule has 0 saturated carbocycles. The zero-order valence-corrected chi connectivity index (χ0v) is 11.4.